The quantitative estimate of drug-likeness (QED) is 0.268. The van der Waals surface area contributed by atoms with Crippen molar-refractivity contribution < 1.29 is 36.2 Å². The molecule has 2 heterocycles. The second-order valence-corrected chi connectivity index (χ2v) is 9.65. The van der Waals surface area contributed by atoms with Gasteiger partial charge >= 0.3 is 12.1 Å². The monoisotopic (exact) mass is 547 g/mol. The molecular weight excluding hydrogens is 524 g/mol. The van der Waals surface area contributed by atoms with Gasteiger partial charge in [0.2, 0.25) is 0 Å². The molecule has 1 aliphatic heterocycles. The van der Waals surface area contributed by atoms with E-state index in [1.54, 1.807) is 24.3 Å². The average molecular weight is 547 g/mol. The first-order chi connectivity index (χ1) is 18.5. The van der Waals surface area contributed by atoms with Crippen LogP contribution in [-0.4, -0.2) is 33.9 Å². The Bertz CT molecular complexity index is 1510. The van der Waals surface area contributed by atoms with Gasteiger partial charge in [0.05, 0.1) is 17.8 Å². The number of aliphatic carboxylic acids is 1. The average Bonchev–Trinajstić information content (AvgIpc) is 3.23. The van der Waals surface area contributed by atoms with Crippen molar-refractivity contribution in [3.8, 4) is 11.3 Å². The number of alkyl halides is 3. The Morgan fingerprint density at radius 1 is 1.03 bits per heavy atom. The van der Waals surface area contributed by atoms with Gasteiger partial charge in [-0.15, -0.1) is 0 Å². The molecule has 3 aromatic carbocycles. The van der Waals surface area contributed by atoms with E-state index in [0.29, 0.717) is 24.2 Å². The van der Waals surface area contributed by atoms with E-state index in [2.05, 4.69) is 10.00 Å². The third-order valence-electron chi connectivity index (χ3n) is 6.98. The minimum atomic E-state index is -4.72. The Hall–Kier alpha value is -4.02. The third-order valence-corrected chi connectivity index (χ3v) is 6.98. The highest BCUT2D eigenvalue weighted by Gasteiger charge is 2.35. The van der Waals surface area contributed by atoms with Crippen LogP contribution in [0, 0.1) is 23.4 Å². The largest absolute Gasteiger partial charge is 0.481 e. The normalized spacial score (nSPS) is 16.2. The number of fused-ring (bicyclic) bond motifs is 1. The Balaban J connectivity index is 1.57. The van der Waals surface area contributed by atoms with Crippen molar-refractivity contribution in [3.63, 3.8) is 0 Å². The molecule has 1 saturated heterocycles. The van der Waals surface area contributed by atoms with Crippen molar-refractivity contribution in [2.75, 3.05) is 18.0 Å². The molecule has 0 aliphatic carbocycles. The summed E-state index contributed by atoms with van der Waals surface area (Å²) >= 11 is 0. The predicted molar refractivity (Wildman–Crippen MR) is 133 cm³/mol. The first-order valence-corrected chi connectivity index (χ1v) is 12.3. The van der Waals surface area contributed by atoms with Crippen LogP contribution >= 0.6 is 0 Å². The fraction of sp³-hybridized carbons (Fsp3) is 0.286. The molecule has 0 radical (unpaired) electrons. The van der Waals surface area contributed by atoms with E-state index in [4.69, 9.17) is 5.11 Å². The number of hydrogen-bond acceptors (Lipinski definition) is 3. The van der Waals surface area contributed by atoms with E-state index in [1.807, 2.05) is 0 Å². The van der Waals surface area contributed by atoms with E-state index >= 15 is 0 Å². The predicted octanol–water partition coefficient (Wildman–Crippen LogP) is 6.88. The third kappa shape index (κ3) is 5.43. The number of rotatable bonds is 6. The molecule has 1 aromatic heterocycles. The molecule has 0 unspecified atom stereocenters. The van der Waals surface area contributed by atoms with Gasteiger partial charge in [0, 0.05) is 53.8 Å². The maximum absolute atomic E-state index is 14.5. The van der Waals surface area contributed by atoms with E-state index in [0.717, 1.165) is 35.8 Å². The zero-order valence-corrected chi connectivity index (χ0v) is 20.5. The van der Waals surface area contributed by atoms with Gasteiger partial charge in [-0.1, -0.05) is 24.3 Å². The highest BCUT2D eigenvalue weighted by Crippen LogP contribution is 2.39. The maximum Gasteiger partial charge on any atom is 0.418 e. The molecule has 1 aliphatic rings. The Kier molecular flexibility index (Phi) is 7.00. The van der Waals surface area contributed by atoms with Crippen LogP contribution in [-0.2, 0) is 17.5 Å². The number of carbonyl (C=O) groups is 1. The number of piperidine rings is 1. The van der Waals surface area contributed by atoms with Crippen LogP contribution in [0.1, 0.15) is 30.4 Å². The van der Waals surface area contributed by atoms with Crippen LogP contribution in [0.2, 0.25) is 0 Å². The molecule has 4 aromatic rings. The highest BCUT2D eigenvalue weighted by atomic mass is 19.4. The molecular formula is C28H23F6N3O2. The summed E-state index contributed by atoms with van der Waals surface area (Å²) in [7, 11) is 0. The second-order valence-electron chi connectivity index (χ2n) is 9.65. The summed E-state index contributed by atoms with van der Waals surface area (Å²) < 4.78 is 84.8. The number of carboxylic acid groups (broad SMARTS) is 1. The lowest BCUT2D eigenvalue weighted by molar-refractivity contribution is -0.138. The molecule has 1 N–H and O–H groups in total. The fourth-order valence-electron chi connectivity index (χ4n) is 5.22. The van der Waals surface area contributed by atoms with Gasteiger partial charge in [-0.25, -0.2) is 13.2 Å². The molecule has 204 valence electrons. The molecule has 5 rings (SSSR count). The number of hydrogen-bond donors (Lipinski definition) is 1. The number of halogens is 6. The van der Waals surface area contributed by atoms with Crippen molar-refractivity contribution in [1.82, 2.24) is 9.78 Å². The molecule has 1 atom stereocenters. The standard InChI is InChI=1S/C28H23F6N3O2/c29-18-12-23(30)21(24(31)13-18)15-37-27(20-4-1-5-22(26(20)35-37)28(32,33)34)17-6-8-19(9-7-17)36-10-2-3-16(14-36)11-25(38)39/h1,4-9,12-13,16H,2-3,10-11,14-15H2,(H,38,39)/t16-/m1/s1. The SMILES string of the molecule is O=C(O)C[C@H]1CCCN(c2ccc(-c3c4cccc(C(F)(F)F)c4nn3Cc3c(F)cc(F)cc3F)cc2)C1. The molecule has 1 fully saturated rings. The Labute approximate surface area is 219 Å². The van der Waals surface area contributed by atoms with E-state index in [1.165, 1.54) is 12.1 Å². The Morgan fingerprint density at radius 2 is 1.72 bits per heavy atom. The Morgan fingerprint density at radius 3 is 2.36 bits per heavy atom. The molecule has 0 saturated carbocycles. The van der Waals surface area contributed by atoms with Crippen LogP contribution in [0.25, 0.3) is 22.2 Å². The van der Waals surface area contributed by atoms with Crippen LogP contribution < -0.4 is 4.90 Å². The highest BCUT2D eigenvalue weighted by molar-refractivity contribution is 5.95. The minimum Gasteiger partial charge on any atom is -0.481 e. The van der Waals surface area contributed by atoms with Crippen LogP contribution in [0.5, 0.6) is 0 Å². The van der Waals surface area contributed by atoms with Crippen molar-refractivity contribution in [3.05, 3.63) is 83.2 Å². The number of carboxylic acids is 1. The summed E-state index contributed by atoms with van der Waals surface area (Å²) in [6.07, 6.45) is -3.01. The maximum atomic E-state index is 14.5. The summed E-state index contributed by atoms with van der Waals surface area (Å²) in [4.78, 5) is 13.2. The molecule has 39 heavy (non-hydrogen) atoms. The van der Waals surface area contributed by atoms with Gasteiger partial charge in [-0.05, 0) is 37.0 Å². The zero-order valence-electron chi connectivity index (χ0n) is 20.5. The summed E-state index contributed by atoms with van der Waals surface area (Å²) in [5.41, 5.74) is -0.408. The summed E-state index contributed by atoms with van der Waals surface area (Å²) in [5, 5.41) is 13.4. The van der Waals surface area contributed by atoms with Crippen LogP contribution in [0.3, 0.4) is 0 Å². The zero-order chi connectivity index (χ0) is 27.9. The van der Waals surface area contributed by atoms with Crippen molar-refractivity contribution in [2.24, 2.45) is 5.92 Å². The molecule has 0 amide bonds. The molecule has 0 bridgehead atoms. The van der Waals surface area contributed by atoms with Crippen LogP contribution in [0.15, 0.2) is 54.6 Å². The summed E-state index contributed by atoms with van der Waals surface area (Å²) in [6, 6.07) is 11.5. The minimum absolute atomic E-state index is 0.00240. The van der Waals surface area contributed by atoms with Crippen molar-refractivity contribution in [2.45, 2.75) is 32.0 Å². The molecule has 5 nitrogen and oxygen atoms in total. The smallest absolute Gasteiger partial charge is 0.418 e. The number of nitrogens with zero attached hydrogens (tertiary/aromatic N) is 3. The number of aromatic nitrogens is 2. The first kappa shape index (κ1) is 26.6. The van der Waals surface area contributed by atoms with Gasteiger partial charge < -0.3 is 10.0 Å². The number of anilines is 1. The van der Waals surface area contributed by atoms with E-state index < -0.39 is 47.3 Å². The van der Waals surface area contributed by atoms with E-state index in [-0.39, 0.29) is 28.9 Å². The fourth-order valence-corrected chi connectivity index (χ4v) is 5.22. The first-order valence-electron chi connectivity index (χ1n) is 12.3. The summed E-state index contributed by atoms with van der Waals surface area (Å²) in [6.45, 7) is 0.725. The van der Waals surface area contributed by atoms with Crippen molar-refractivity contribution in [1.29, 1.82) is 0 Å². The summed E-state index contributed by atoms with van der Waals surface area (Å²) in [5.74, 6) is -4.32. The van der Waals surface area contributed by atoms with Crippen LogP contribution in [0.4, 0.5) is 32.0 Å². The topological polar surface area (TPSA) is 58.4 Å². The molecule has 11 heteroatoms. The van der Waals surface area contributed by atoms with Crippen molar-refractivity contribution >= 4 is 22.6 Å². The van der Waals surface area contributed by atoms with Gasteiger partial charge in [0.25, 0.3) is 0 Å². The van der Waals surface area contributed by atoms with Gasteiger partial charge in [0.1, 0.15) is 23.0 Å². The lowest BCUT2D eigenvalue weighted by Gasteiger charge is -2.34. The molecule has 0 spiro atoms. The lowest BCUT2D eigenvalue weighted by atomic mass is 9.94. The second kappa shape index (κ2) is 10.3. The lowest BCUT2D eigenvalue weighted by Crippen LogP contribution is -2.36. The van der Waals surface area contributed by atoms with Gasteiger partial charge in [-0.3, -0.25) is 9.48 Å². The van der Waals surface area contributed by atoms with E-state index in [9.17, 15) is 31.1 Å². The van der Waals surface area contributed by atoms with Gasteiger partial charge in [0.15, 0.2) is 0 Å². The number of benzene rings is 3. The van der Waals surface area contributed by atoms with Gasteiger partial charge in [-0.2, -0.15) is 18.3 Å².